The van der Waals surface area contributed by atoms with Crippen molar-refractivity contribution in [2.75, 3.05) is 7.11 Å². The van der Waals surface area contributed by atoms with Crippen molar-refractivity contribution >= 4 is 21.8 Å². The van der Waals surface area contributed by atoms with Gasteiger partial charge in [0, 0.05) is 4.47 Å². The largest absolute Gasteiger partial charge is 0.496 e. The van der Waals surface area contributed by atoms with E-state index >= 15 is 0 Å². The number of hydrogen-bond donors (Lipinski definition) is 2. The molecule has 3 N–H and O–H groups in total. The van der Waals surface area contributed by atoms with Crippen LogP contribution in [-0.4, -0.2) is 12.9 Å². The third kappa shape index (κ3) is 3.72. The molecular formula is C15H14BrFN2O2. The highest BCUT2D eigenvalue weighted by Gasteiger charge is 2.09. The second-order valence-corrected chi connectivity index (χ2v) is 5.23. The number of hydrogen-bond acceptors (Lipinski definition) is 3. The van der Waals surface area contributed by atoms with E-state index in [2.05, 4.69) is 15.9 Å². The summed E-state index contributed by atoms with van der Waals surface area (Å²) in [6, 6.07) is 9.66. The van der Waals surface area contributed by atoms with Gasteiger partial charge in [-0.1, -0.05) is 22.0 Å². The lowest BCUT2D eigenvalue weighted by atomic mass is 10.1. The molecule has 0 unspecified atom stereocenters. The molecule has 0 aliphatic heterocycles. The molecule has 0 amide bonds. The summed E-state index contributed by atoms with van der Waals surface area (Å²) in [6.07, 6.45) is 0. The van der Waals surface area contributed by atoms with E-state index in [1.165, 1.54) is 13.2 Å². The van der Waals surface area contributed by atoms with E-state index in [4.69, 9.17) is 20.6 Å². The van der Waals surface area contributed by atoms with Crippen molar-refractivity contribution in [1.82, 2.24) is 0 Å². The highest BCUT2D eigenvalue weighted by Crippen LogP contribution is 2.24. The zero-order valence-electron chi connectivity index (χ0n) is 11.3. The Labute approximate surface area is 130 Å². The van der Waals surface area contributed by atoms with Gasteiger partial charge in [0.2, 0.25) is 0 Å². The van der Waals surface area contributed by atoms with Gasteiger partial charge in [0.1, 0.15) is 18.2 Å². The smallest absolute Gasteiger partial charge is 0.165 e. The predicted molar refractivity (Wildman–Crippen MR) is 82.4 cm³/mol. The Morgan fingerprint density at radius 3 is 2.67 bits per heavy atom. The van der Waals surface area contributed by atoms with Crippen LogP contribution < -0.4 is 15.2 Å². The minimum atomic E-state index is -0.432. The molecule has 0 atom stereocenters. The van der Waals surface area contributed by atoms with Gasteiger partial charge in [0.05, 0.1) is 12.7 Å². The van der Waals surface area contributed by atoms with Crippen molar-refractivity contribution in [3.05, 3.63) is 57.8 Å². The number of rotatable bonds is 5. The van der Waals surface area contributed by atoms with Gasteiger partial charge in [-0.25, -0.2) is 4.39 Å². The van der Waals surface area contributed by atoms with Crippen molar-refractivity contribution in [3.63, 3.8) is 0 Å². The molecule has 2 aromatic carbocycles. The van der Waals surface area contributed by atoms with E-state index < -0.39 is 5.82 Å². The van der Waals surface area contributed by atoms with E-state index in [0.717, 1.165) is 10.0 Å². The maximum atomic E-state index is 13.6. The molecule has 0 aliphatic carbocycles. The second-order valence-electron chi connectivity index (χ2n) is 4.31. The van der Waals surface area contributed by atoms with Gasteiger partial charge in [-0.2, -0.15) is 0 Å². The van der Waals surface area contributed by atoms with Crippen LogP contribution >= 0.6 is 15.9 Å². The molecule has 0 saturated carbocycles. The second kappa shape index (κ2) is 6.58. The van der Waals surface area contributed by atoms with Crippen molar-refractivity contribution in [2.24, 2.45) is 5.73 Å². The topological polar surface area (TPSA) is 68.3 Å². The van der Waals surface area contributed by atoms with E-state index in [1.54, 1.807) is 30.3 Å². The van der Waals surface area contributed by atoms with Gasteiger partial charge < -0.3 is 15.2 Å². The summed E-state index contributed by atoms with van der Waals surface area (Å²) in [4.78, 5) is 0. The Kier molecular flexibility index (Phi) is 4.80. The zero-order chi connectivity index (χ0) is 15.4. The number of ether oxygens (including phenoxy) is 2. The number of benzene rings is 2. The highest BCUT2D eigenvalue weighted by atomic mass is 79.9. The summed E-state index contributed by atoms with van der Waals surface area (Å²) in [5, 5.41) is 7.53. The van der Waals surface area contributed by atoms with Gasteiger partial charge in [0.25, 0.3) is 0 Å². The quantitative estimate of drug-likeness (QED) is 0.639. The van der Waals surface area contributed by atoms with Crippen LogP contribution in [0.5, 0.6) is 11.5 Å². The molecule has 2 rings (SSSR count). The molecule has 0 aliphatic rings. The summed E-state index contributed by atoms with van der Waals surface area (Å²) in [7, 11) is 1.51. The summed E-state index contributed by atoms with van der Waals surface area (Å²) < 4.78 is 24.9. The molecular weight excluding hydrogens is 339 g/mol. The highest BCUT2D eigenvalue weighted by molar-refractivity contribution is 9.10. The molecule has 0 aromatic heterocycles. The number of halogens is 2. The predicted octanol–water partition coefficient (Wildman–Crippen LogP) is 3.46. The molecule has 0 heterocycles. The molecule has 6 heteroatoms. The van der Waals surface area contributed by atoms with Gasteiger partial charge >= 0.3 is 0 Å². The van der Waals surface area contributed by atoms with E-state index in [1.807, 2.05) is 0 Å². The maximum absolute atomic E-state index is 13.6. The number of methoxy groups -OCH3 is 1. The van der Waals surface area contributed by atoms with Gasteiger partial charge in [-0.3, -0.25) is 5.41 Å². The van der Waals surface area contributed by atoms with E-state index in [-0.39, 0.29) is 18.2 Å². The SMILES string of the molecule is COc1ccc(COc2cc(Br)ccc2F)cc1C(=N)N. The van der Waals surface area contributed by atoms with Crippen LogP contribution in [0.15, 0.2) is 40.9 Å². The van der Waals surface area contributed by atoms with Gasteiger partial charge in [0.15, 0.2) is 11.6 Å². The Morgan fingerprint density at radius 2 is 2.00 bits per heavy atom. The van der Waals surface area contributed by atoms with Crippen LogP contribution in [0, 0.1) is 11.2 Å². The van der Waals surface area contributed by atoms with Crippen molar-refractivity contribution in [1.29, 1.82) is 5.41 Å². The lowest BCUT2D eigenvalue weighted by molar-refractivity contribution is 0.290. The van der Waals surface area contributed by atoms with Crippen LogP contribution in [0.3, 0.4) is 0 Å². The Hall–Kier alpha value is -2.08. The standard InChI is InChI=1S/C15H14BrFN2O2/c1-20-13-5-2-9(6-11(13)15(18)19)8-21-14-7-10(16)3-4-12(14)17/h2-7H,8H2,1H3,(H3,18,19). The zero-order valence-corrected chi connectivity index (χ0v) is 12.9. The first kappa shape index (κ1) is 15.3. The average molecular weight is 353 g/mol. The molecule has 0 radical (unpaired) electrons. The monoisotopic (exact) mass is 352 g/mol. The lowest BCUT2D eigenvalue weighted by Crippen LogP contribution is -2.13. The molecule has 0 spiro atoms. The number of nitrogen functional groups attached to an aromatic ring is 1. The number of nitrogens with two attached hydrogens (primary N) is 1. The summed E-state index contributed by atoms with van der Waals surface area (Å²) in [6.45, 7) is 0.164. The lowest BCUT2D eigenvalue weighted by Gasteiger charge is -2.11. The molecule has 21 heavy (non-hydrogen) atoms. The van der Waals surface area contributed by atoms with E-state index in [0.29, 0.717) is 11.3 Å². The minimum Gasteiger partial charge on any atom is -0.496 e. The van der Waals surface area contributed by atoms with Crippen LogP contribution in [0.25, 0.3) is 0 Å². The fraction of sp³-hybridized carbons (Fsp3) is 0.133. The molecule has 0 bridgehead atoms. The molecule has 0 fully saturated rings. The van der Waals surface area contributed by atoms with Crippen LogP contribution in [0.4, 0.5) is 4.39 Å². The minimum absolute atomic E-state index is 0.0951. The normalized spacial score (nSPS) is 10.2. The molecule has 4 nitrogen and oxygen atoms in total. The molecule has 0 saturated heterocycles. The van der Waals surface area contributed by atoms with Crippen LogP contribution in [0.1, 0.15) is 11.1 Å². The van der Waals surface area contributed by atoms with Gasteiger partial charge in [-0.05, 0) is 35.9 Å². The first-order valence-corrected chi connectivity index (χ1v) is 6.89. The number of amidine groups is 1. The fourth-order valence-corrected chi connectivity index (χ4v) is 2.14. The molecule has 110 valence electrons. The third-order valence-corrected chi connectivity index (χ3v) is 3.33. The third-order valence-electron chi connectivity index (χ3n) is 2.84. The first-order chi connectivity index (χ1) is 10.0. The maximum Gasteiger partial charge on any atom is 0.165 e. The van der Waals surface area contributed by atoms with Crippen molar-refractivity contribution in [2.45, 2.75) is 6.61 Å². The first-order valence-electron chi connectivity index (χ1n) is 6.10. The summed E-state index contributed by atoms with van der Waals surface area (Å²) >= 11 is 3.26. The number of nitrogens with one attached hydrogen (secondary N) is 1. The van der Waals surface area contributed by atoms with E-state index in [9.17, 15) is 4.39 Å². The van der Waals surface area contributed by atoms with Crippen molar-refractivity contribution < 1.29 is 13.9 Å². The van der Waals surface area contributed by atoms with Crippen LogP contribution in [-0.2, 0) is 6.61 Å². The Bertz CT molecular complexity index is 677. The summed E-state index contributed by atoms with van der Waals surface area (Å²) in [5.74, 6) is 0.144. The Balaban J connectivity index is 2.18. The van der Waals surface area contributed by atoms with Gasteiger partial charge in [-0.15, -0.1) is 0 Å². The summed E-state index contributed by atoms with van der Waals surface area (Å²) in [5.41, 5.74) is 6.75. The van der Waals surface area contributed by atoms with Crippen molar-refractivity contribution in [3.8, 4) is 11.5 Å². The molecule has 2 aromatic rings. The van der Waals surface area contributed by atoms with Crippen LogP contribution in [0.2, 0.25) is 0 Å². The fourth-order valence-electron chi connectivity index (χ4n) is 1.80. The average Bonchev–Trinajstić information content (AvgIpc) is 2.47. The Morgan fingerprint density at radius 1 is 1.24 bits per heavy atom.